The molecule has 0 bridgehead atoms. The van der Waals surface area contributed by atoms with E-state index >= 15 is 0 Å². The number of ether oxygens (including phenoxy) is 2. The maximum Gasteiger partial charge on any atom is 0.251 e. The summed E-state index contributed by atoms with van der Waals surface area (Å²) in [4.78, 5) is 11.8. The molecule has 1 unspecified atom stereocenters. The van der Waals surface area contributed by atoms with Crippen LogP contribution in [0.15, 0.2) is 24.3 Å². The average Bonchev–Trinajstić information content (AvgIpc) is 2.43. The van der Waals surface area contributed by atoms with E-state index in [1.165, 1.54) is 0 Å². The van der Waals surface area contributed by atoms with Gasteiger partial charge in [0.15, 0.2) is 0 Å². The van der Waals surface area contributed by atoms with Gasteiger partial charge in [-0.2, -0.15) is 0 Å². The van der Waals surface area contributed by atoms with E-state index in [4.69, 9.17) is 9.47 Å². The fourth-order valence-electron chi connectivity index (χ4n) is 1.49. The van der Waals surface area contributed by atoms with Crippen molar-refractivity contribution < 1.29 is 14.3 Å². The molecule has 0 aromatic heterocycles. The number of hydrogen-bond donors (Lipinski definition) is 2. The van der Waals surface area contributed by atoms with Crippen molar-refractivity contribution in [2.45, 2.75) is 6.10 Å². The highest BCUT2D eigenvalue weighted by Gasteiger charge is 2.10. The summed E-state index contributed by atoms with van der Waals surface area (Å²) in [5, 5.41) is 5.81. The quantitative estimate of drug-likeness (QED) is 0.763. The summed E-state index contributed by atoms with van der Waals surface area (Å²) in [5.74, 6) is -0.115. The Hall–Kier alpha value is -1.59. The van der Waals surface area contributed by atoms with Crippen molar-refractivity contribution in [3.8, 4) is 0 Å². The van der Waals surface area contributed by atoms with Gasteiger partial charge in [-0.05, 0) is 24.3 Å². The molecule has 0 saturated carbocycles. The van der Waals surface area contributed by atoms with Crippen molar-refractivity contribution in [2.75, 3.05) is 39.7 Å². The van der Waals surface area contributed by atoms with Gasteiger partial charge in [-0.1, -0.05) is 0 Å². The maximum absolute atomic E-state index is 11.8. The molecule has 1 amide bonds. The van der Waals surface area contributed by atoms with Crippen LogP contribution in [0.3, 0.4) is 0 Å². The summed E-state index contributed by atoms with van der Waals surface area (Å²) in [6, 6.07) is 7.27. The lowest BCUT2D eigenvalue weighted by Crippen LogP contribution is -2.35. The van der Waals surface area contributed by atoms with E-state index in [9.17, 15) is 4.79 Å². The van der Waals surface area contributed by atoms with Crippen LogP contribution in [0.1, 0.15) is 10.4 Å². The first-order valence-corrected chi connectivity index (χ1v) is 5.79. The lowest BCUT2D eigenvalue weighted by molar-refractivity contribution is 0.0285. The molecule has 5 nitrogen and oxygen atoms in total. The number of nitrogens with one attached hydrogen (secondary N) is 2. The molecule has 0 aliphatic heterocycles. The summed E-state index contributed by atoms with van der Waals surface area (Å²) in [6.45, 7) is 0.881. The van der Waals surface area contributed by atoms with E-state index in [1.54, 1.807) is 26.4 Å². The standard InChI is InChI=1S/C13H20N2O3/c1-14-11-6-4-10(5-7-11)13(16)15-8-12(18-3)9-17-2/h4-7,12,14H,8-9H2,1-3H3,(H,15,16). The molecule has 1 atom stereocenters. The first-order valence-electron chi connectivity index (χ1n) is 5.79. The maximum atomic E-state index is 11.8. The zero-order valence-corrected chi connectivity index (χ0v) is 11.0. The van der Waals surface area contributed by atoms with Gasteiger partial charge in [0, 0.05) is 39.1 Å². The van der Waals surface area contributed by atoms with Crippen molar-refractivity contribution in [1.29, 1.82) is 0 Å². The second kappa shape index (κ2) is 7.68. The number of benzene rings is 1. The molecule has 0 spiro atoms. The Morgan fingerprint density at radius 3 is 2.44 bits per heavy atom. The zero-order chi connectivity index (χ0) is 13.4. The third-order valence-electron chi connectivity index (χ3n) is 2.61. The second-order valence-corrected chi connectivity index (χ2v) is 3.85. The molecule has 0 fully saturated rings. The van der Waals surface area contributed by atoms with E-state index in [0.717, 1.165) is 5.69 Å². The van der Waals surface area contributed by atoms with Crippen molar-refractivity contribution in [2.24, 2.45) is 0 Å². The molecule has 100 valence electrons. The molecule has 0 aliphatic rings. The van der Waals surface area contributed by atoms with Crippen molar-refractivity contribution >= 4 is 11.6 Å². The van der Waals surface area contributed by atoms with Gasteiger partial charge in [0.2, 0.25) is 0 Å². The van der Waals surface area contributed by atoms with Gasteiger partial charge in [0.25, 0.3) is 5.91 Å². The molecule has 0 aliphatic carbocycles. The van der Waals surface area contributed by atoms with Crippen LogP contribution >= 0.6 is 0 Å². The lowest BCUT2D eigenvalue weighted by atomic mass is 10.2. The molecular formula is C13H20N2O3. The van der Waals surface area contributed by atoms with Crippen LogP contribution in [0.5, 0.6) is 0 Å². The van der Waals surface area contributed by atoms with Gasteiger partial charge in [0.1, 0.15) is 0 Å². The van der Waals surface area contributed by atoms with Crippen molar-refractivity contribution in [3.63, 3.8) is 0 Å². The van der Waals surface area contributed by atoms with Gasteiger partial charge >= 0.3 is 0 Å². The summed E-state index contributed by atoms with van der Waals surface area (Å²) in [6.07, 6.45) is -0.129. The third kappa shape index (κ3) is 4.35. The van der Waals surface area contributed by atoms with E-state index in [-0.39, 0.29) is 12.0 Å². The van der Waals surface area contributed by atoms with Crippen LogP contribution in [0.2, 0.25) is 0 Å². The number of rotatable bonds is 7. The first kappa shape index (κ1) is 14.5. The van der Waals surface area contributed by atoms with E-state index in [0.29, 0.717) is 18.7 Å². The molecule has 5 heteroatoms. The number of anilines is 1. The van der Waals surface area contributed by atoms with Gasteiger partial charge in [-0.15, -0.1) is 0 Å². The monoisotopic (exact) mass is 252 g/mol. The van der Waals surface area contributed by atoms with Crippen LogP contribution in [-0.2, 0) is 9.47 Å². The Bertz CT molecular complexity index is 365. The molecule has 0 saturated heterocycles. The smallest absolute Gasteiger partial charge is 0.251 e. The second-order valence-electron chi connectivity index (χ2n) is 3.85. The summed E-state index contributed by atoms with van der Waals surface area (Å²) >= 11 is 0. The van der Waals surface area contributed by atoms with Crippen LogP contribution in [0.25, 0.3) is 0 Å². The van der Waals surface area contributed by atoms with E-state index in [2.05, 4.69) is 10.6 Å². The Labute approximate surface area is 107 Å². The minimum absolute atomic E-state index is 0.115. The molecular weight excluding hydrogens is 232 g/mol. The minimum atomic E-state index is -0.129. The number of carbonyl (C=O) groups is 1. The van der Waals surface area contributed by atoms with Crippen LogP contribution in [0, 0.1) is 0 Å². The van der Waals surface area contributed by atoms with E-state index in [1.807, 2.05) is 19.2 Å². The molecule has 0 heterocycles. The summed E-state index contributed by atoms with van der Waals surface area (Å²) in [5.41, 5.74) is 1.60. The number of methoxy groups -OCH3 is 2. The highest BCUT2D eigenvalue weighted by molar-refractivity contribution is 5.94. The molecule has 18 heavy (non-hydrogen) atoms. The number of hydrogen-bond acceptors (Lipinski definition) is 4. The predicted octanol–water partition coefficient (Wildman–Crippen LogP) is 1.12. The summed E-state index contributed by atoms with van der Waals surface area (Å²) in [7, 11) is 5.03. The fraction of sp³-hybridized carbons (Fsp3) is 0.462. The van der Waals surface area contributed by atoms with Gasteiger partial charge in [-0.25, -0.2) is 0 Å². The van der Waals surface area contributed by atoms with Crippen molar-refractivity contribution in [1.82, 2.24) is 5.32 Å². The van der Waals surface area contributed by atoms with Crippen LogP contribution in [0.4, 0.5) is 5.69 Å². The molecule has 0 radical (unpaired) electrons. The highest BCUT2D eigenvalue weighted by atomic mass is 16.5. The SMILES string of the molecule is CNc1ccc(C(=O)NCC(COC)OC)cc1. The van der Waals surface area contributed by atoms with E-state index < -0.39 is 0 Å². The molecule has 2 N–H and O–H groups in total. The third-order valence-corrected chi connectivity index (χ3v) is 2.61. The summed E-state index contributed by atoms with van der Waals surface area (Å²) < 4.78 is 10.1. The van der Waals surface area contributed by atoms with Crippen LogP contribution in [-0.4, -0.2) is 46.4 Å². The lowest BCUT2D eigenvalue weighted by Gasteiger charge is -2.15. The highest BCUT2D eigenvalue weighted by Crippen LogP contribution is 2.08. The Morgan fingerprint density at radius 2 is 1.94 bits per heavy atom. The Morgan fingerprint density at radius 1 is 1.28 bits per heavy atom. The Balaban J connectivity index is 2.48. The topological polar surface area (TPSA) is 59.6 Å². The minimum Gasteiger partial charge on any atom is -0.388 e. The molecule has 1 aromatic rings. The normalized spacial score (nSPS) is 11.9. The largest absolute Gasteiger partial charge is 0.388 e. The van der Waals surface area contributed by atoms with Crippen LogP contribution < -0.4 is 10.6 Å². The first-order chi connectivity index (χ1) is 8.71. The fourth-order valence-corrected chi connectivity index (χ4v) is 1.49. The molecule has 1 rings (SSSR count). The van der Waals surface area contributed by atoms with Gasteiger partial charge in [-0.3, -0.25) is 4.79 Å². The van der Waals surface area contributed by atoms with Gasteiger partial charge in [0.05, 0.1) is 12.7 Å². The predicted molar refractivity (Wildman–Crippen MR) is 71.0 cm³/mol. The van der Waals surface area contributed by atoms with Crippen molar-refractivity contribution in [3.05, 3.63) is 29.8 Å². The zero-order valence-electron chi connectivity index (χ0n) is 11.0. The van der Waals surface area contributed by atoms with Gasteiger partial charge < -0.3 is 20.1 Å². The number of amides is 1. The molecule has 1 aromatic carbocycles. The number of carbonyl (C=O) groups excluding carboxylic acids is 1. The Kier molecular flexibility index (Phi) is 6.18. The average molecular weight is 252 g/mol.